The minimum absolute atomic E-state index is 0.161. The van der Waals surface area contributed by atoms with E-state index >= 15 is 0 Å². The Morgan fingerprint density at radius 3 is 2.68 bits per heavy atom. The zero-order valence-electron chi connectivity index (χ0n) is 11.0. The van der Waals surface area contributed by atoms with Crippen molar-refractivity contribution in [3.63, 3.8) is 0 Å². The molecule has 0 aliphatic carbocycles. The summed E-state index contributed by atoms with van der Waals surface area (Å²) in [5.41, 5.74) is 2.24. The molecular formula is C15H16N2O2. The molecule has 1 amide bonds. The summed E-state index contributed by atoms with van der Waals surface area (Å²) in [6.45, 7) is 3.77. The molecule has 0 saturated carbocycles. The van der Waals surface area contributed by atoms with E-state index in [1.165, 1.54) is 6.20 Å². The number of aryl methyl sites for hydroxylation is 2. The Morgan fingerprint density at radius 1 is 1.26 bits per heavy atom. The molecule has 1 aromatic carbocycles. The first-order valence-corrected chi connectivity index (χ1v) is 6.21. The van der Waals surface area contributed by atoms with Crippen LogP contribution in [0.3, 0.4) is 0 Å². The molecule has 0 radical (unpaired) electrons. The largest absolute Gasteiger partial charge is 0.328 e. The van der Waals surface area contributed by atoms with Gasteiger partial charge in [0.05, 0.1) is 0 Å². The second kappa shape index (κ2) is 5.52. The maximum Gasteiger partial charge on any atom is 0.261 e. The quantitative estimate of drug-likeness (QED) is 0.886. The number of carbonyl (C=O) groups is 1. The van der Waals surface area contributed by atoms with Gasteiger partial charge in [-0.3, -0.25) is 9.59 Å². The summed E-state index contributed by atoms with van der Waals surface area (Å²) in [7, 11) is 0. The first kappa shape index (κ1) is 13.1. The molecule has 0 atom stereocenters. The Kier molecular flexibility index (Phi) is 3.80. The van der Waals surface area contributed by atoms with Gasteiger partial charge in [0.15, 0.2) is 0 Å². The highest BCUT2D eigenvalue weighted by Gasteiger charge is 2.14. The molecule has 2 rings (SSSR count). The summed E-state index contributed by atoms with van der Waals surface area (Å²) in [6.07, 6.45) is 2.36. The Balaban J connectivity index is 2.34. The summed E-state index contributed by atoms with van der Waals surface area (Å²) in [4.78, 5) is 26.4. The SMILES string of the molecule is CCc1ccccc1NC(=O)c1c(C)cc[nH]c1=O. The minimum atomic E-state index is -0.375. The maximum atomic E-state index is 12.2. The van der Waals surface area contributed by atoms with Crippen LogP contribution in [-0.2, 0) is 6.42 Å². The van der Waals surface area contributed by atoms with Crippen LogP contribution in [0.5, 0.6) is 0 Å². The normalized spacial score (nSPS) is 10.2. The number of nitrogens with one attached hydrogen (secondary N) is 2. The number of hydrogen-bond donors (Lipinski definition) is 2. The summed E-state index contributed by atoms with van der Waals surface area (Å²) in [5, 5.41) is 2.80. The van der Waals surface area contributed by atoms with Gasteiger partial charge in [-0.05, 0) is 36.6 Å². The summed E-state index contributed by atoms with van der Waals surface area (Å²) >= 11 is 0. The lowest BCUT2D eigenvalue weighted by Gasteiger charge is -2.10. The summed E-state index contributed by atoms with van der Waals surface area (Å²) < 4.78 is 0. The van der Waals surface area contributed by atoms with E-state index < -0.39 is 0 Å². The van der Waals surface area contributed by atoms with Crippen LogP contribution in [0.2, 0.25) is 0 Å². The van der Waals surface area contributed by atoms with E-state index in [1.807, 2.05) is 31.2 Å². The lowest BCUT2D eigenvalue weighted by atomic mass is 10.1. The number of H-pyrrole nitrogens is 1. The topological polar surface area (TPSA) is 62.0 Å². The van der Waals surface area contributed by atoms with Crippen LogP contribution in [0, 0.1) is 6.92 Å². The smallest absolute Gasteiger partial charge is 0.261 e. The van der Waals surface area contributed by atoms with Crippen LogP contribution in [-0.4, -0.2) is 10.9 Å². The number of aromatic nitrogens is 1. The van der Waals surface area contributed by atoms with Crippen LogP contribution in [0.15, 0.2) is 41.3 Å². The third-order valence-electron chi connectivity index (χ3n) is 3.04. The molecule has 1 aromatic heterocycles. The first-order valence-electron chi connectivity index (χ1n) is 6.21. The van der Waals surface area contributed by atoms with Gasteiger partial charge >= 0.3 is 0 Å². The highest BCUT2D eigenvalue weighted by molar-refractivity contribution is 6.05. The average Bonchev–Trinajstić information content (AvgIpc) is 2.39. The average molecular weight is 256 g/mol. The maximum absolute atomic E-state index is 12.2. The monoisotopic (exact) mass is 256 g/mol. The van der Waals surface area contributed by atoms with Crippen LogP contribution in [0.4, 0.5) is 5.69 Å². The molecule has 0 bridgehead atoms. The lowest BCUT2D eigenvalue weighted by molar-refractivity contribution is 0.102. The molecule has 2 aromatic rings. The van der Waals surface area contributed by atoms with Crippen molar-refractivity contribution in [1.29, 1.82) is 0 Å². The van der Waals surface area contributed by atoms with Crippen molar-refractivity contribution in [3.8, 4) is 0 Å². The summed E-state index contributed by atoms with van der Waals surface area (Å²) in [6, 6.07) is 9.29. The van der Waals surface area contributed by atoms with Crippen molar-refractivity contribution >= 4 is 11.6 Å². The van der Waals surface area contributed by atoms with E-state index in [4.69, 9.17) is 0 Å². The standard InChI is InChI=1S/C15H16N2O2/c1-3-11-6-4-5-7-12(11)17-15(19)13-10(2)8-9-16-14(13)18/h4-9H,3H2,1-2H3,(H,16,18)(H,17,19). The molecule has 1 heterocycles. The molecule has 0 spiro atoms. The molecular weight excluding hydrogens is 240 g/mol. The molecule has 2 N–H and O–H groups in total. The van der Waals surface area contributed by atoms with Gasteiger partial charge in [-0.15, -0.1) is 0 Å². The number of benzene rings is 1. The molecule has 0 saturated heterocycles. The second-order valence-corrected chi connectivity index (χ2v) is 4.33. The van der Waals surface area contributed by atoms with E-state index in [-0.39, 0.29) is 17.0 Å². The van der Waals surface area contributed by atoms with Crippen molar-refractivity contribution in [2.75, 3.05) is 5.32 Å². The van der Waals surface area contributed by atoms with Crippen LogP contribution in [0.1, 0.15) is 28.4 Å². The fraction of sp³-hybridized carbons (Fsp3) is 0.200. The third-order valence-corrected chi connectivity index (χ3v) is 3.04. The number of carbonyl (C=O) groups excluding carboxylic acids is 1. The number of hydrogen-bond acceptors (Lipinski definition) is 2. The highest BCUT2D eigenvalue weighted by atomic mass is 16.2. The lowest BCUT2D eigenvalue weighted by Crippen LogP contribution is -2.24. The summed E-state index contributed by atoms with van der Waals surface area (Å²) in [5.74, 6) is -0.375. The van der Waals surface area contributed by atoms with Gasteiger partial charge in [-0.2, -0.15) is 0 Å². The fourth-order valence-electron chi connectivity index (χ4n) is 1.99. The van der Waals surface area contributed by atoms with E-state index in [0.29, 0.717) is 5.56 Å². The predicted octanol–water partition coefficient (Wildman–Crippen LogP) is 2.50. The van der Waals surface area contributed by atoms with Crippen molar-refractivity contribution in [2.24, 2.45) is 0 Å². The molecule has 4 heteroatoms. The van der Waals surface area contributed by atoms with Gasteiger partial charge in [-0.25, -0.2) is 0 Å². The van der Waals surface area contributed by atoms with Crippen LogP contribution >= 0.6 is 0 Å². The van der Waals surface area contributed by atoms with E-state index in [1.54, 1.807) is 13.0 Å². The molecule has 0 unspecified atom stereocenters. The Hall–Kier alpha value is -2.36. The van der Waals surface area contributed by atoms with Gasteiger partial charge < -0.3 is 10.3 Å². The Bertz CT molecular complexity index is 659. The minimum Gasteiger partial charge on any atom is -0.328 e. The highest BCUT2D eigenvalue weighted by Crippen LogP contribution is 2.16. The second-order valence-electron chi connectivity index (χ2n) is 4.33. The van der Waals surface area contributed by atoms with Crippen molar-refractivity contribution < 1.29 is 4.79 Å². The van der Waals surface area contributed by atoms with Gasteiger partial charge in [0.1, 0.15) is 5.56 Å². The van der Waals surface area contributed by atoms with Crippen molar-refractivity contribution in [3.05, 3.63) is 63.6 Å². The van der Waals surface area contributed by atoms with Crippen molar-refractivity contribution in [2.45, 2.75) is 20.3 Å². The Labute approximate surface area is 111 Å². The first-order chi connectivity index (χ1) is 9.13. The van der Waals surface area contributed by atoms with Gasteiger partial charge in [-0.1, -0.05) is 25.1 Å². The fourth-order valence-corrected chi connectivity index (χ4v) is 1.99. The number of rotatable bonds is 3. The molecule has 98 valence electrons. The van der Waals surface area contributed by atoms with Crippen LogP contribution < -0.4 is 10.9 Å². The van der Waals surface area contributed by atoms with Gasteiger partial charge in [0.25, 0.3) is 11.5 Å². The van der Waals surface area contributed by atoms with E-state index in [2.05, 4.69) is 10.3 Å². The predicted molar refractivity (Wildman–Crippen MR) is 75.6 cm³/mol. The third kappa shape index (κ3) is 2.73. The molecule has 0 aliphatic rings. The van der Waals surface area contributed by atoms with Gasteiger partial charge in [0, 0.05) is 11.9 Å². The zero-order chi connectivity index (χ0) is 13.8. The number of amides is 1. The molecule has 19 heavy (non-hydrogen) atoms. The molecule has 0 fully saturated rings. The number of pyridine rings is 1. The van der Waals surface area contributed by atoms with E-state index in [9.17, 15) is 9.59 Å². The Morgan fingerprint density at radius 2 is 2.00 bits per heavy atom. The van der Waals surface area contributed by atoms with Crippen LogP contribution in [0.25, 0.3) is 0 Å². The number of para-hydroxylation sites is 1. The number of anilines is 1. The van der Waals surface area contributed by atoms with E-state index in [0.717, 1.165) is 17.7 Å². The van der Waals surface area contributed by atoms with Gasteiger partial charge in [0.2, 0.25) is 0 Å². The number of aromatic amines is 1. The molecule has 4 nitrogen and oxygen atoms in total. The van der Waals surface area contributed by atoms with Crippen molar-refractivity contribution in [1.82, 2.24) is 4.98 Å². The zero-order valence-corrected chi connectivity index (χ0v) is 11.0. The molecule has 0 aliphatic heterocycles.